The van der Waals surface area contributed by atoms with E-state index in [0.29, 0.717) is 18.2 Å². The predicted octanol–water partition coefficient (Wildman–Crippen LogP) is 2.10. The molecule has 1 aromatic rings. The molecular weight excluding hydrogens is 223 g/mol. The topological polar surface area (TPSA) is 61.1 Å². The maximum Gasteiger partial charge on any atom is 0.346 e. The molecule has 0 saturated carbocycles. The molecule has 0 aliphatic rings. The van der Waals surface area contributed by atoms with E-state index < -0.39 is 34.6 Å². The van der Waals surface area contributed by atoms with Gasteiger partial charge in [-0.25, -0.2) is 18.0 Å². The van der Waals surface area contributed by atoms with Crippen LogP contribution in [0.25, 0.3) is 6.08 Å². The molecule has 0 radical (unpaired) electrons. The Morgan fingerprint density at radius 2 is 1.81 bits per heavy atom. The van der Waals surface area contributed by atoms with Crippen molar-refractivity contribution in [3.05, 3.63) is 40.7 Å². The number of rotatable bonds is 2. The normalized spacial score (nSPS) is 11.0. The highest BCUT2D eigenvalue weighted by atomic mass is 19.1. The number of aliphatic carboxylic acids is 1. The number of carboxylic acid groups (broad SMARTS) is 1. The van der Waals surface area contributed by atoms with Crippen molar-refractivity contribution in [2.45, 2.75) is 0 Å². The second-order valence-corrected chi connectivity index (χ2v) is 2.76. The summed E-state index contributed by atoms with van der Waals surface area (Å²) in [6, 6.07) is 2.04. The lowest BCUT2D eigenvalue weighted by molar-refractivity contribution is -0.132. The number of halogens is 3. The molecule has 6 heteroatoms. The number of carboxylic acids is 1. The van der Waals surface area contributed by atoms with Crippen molar-refractivity contribution in [1.82, 2.24) is 0 Å². The highest BCUT2D eigenvalue weighted by molar-refractivity contribution is 5.96. The standard InChI is InChI=1S/C10H4F3NO2/c11-6-2-8(12)7(9(13)3-6)1-5(4-14)10(15)16/h1-3H,(H,15,16). The Bertz CT molecular complexity index is 494. The van der Waals surface area contributed by atoms with E-state index in [9.17, 15) is 18.0 Å². The Morgan fingerprint density at radius 1 is 1.31 bits per heavy atom. The van der Waals surface area contributed by atoms with Crippen molar-refractivity contribution in [1.29, 1.82) is 5.26 Å². The molecule has 0 bridgehead atoms. The Balaban J connectivity index is 3.36. The van der Waals surface area contributed by atoms with Gasteiger partial charge in [0.1, 0.15) is 29.1 Å². The maximum atomic E-state index is 13.0. The molecule has 0 saturated heterocycles. The van der Waals surface area contributed by atoms with Crippen LogP contribution in [-0.2, 0) is 4.79 Å². The molecule has 0 spiro atoms. The minimum atomic E-state index is -1.62. The van der Waals surface area contributed by atoms with E-state index in [4.69, 9.17) is 10.4 Å². The average Bonchev–Trinajstić information content (AvgIpc) is 2.15. The summed E-state index contributed by atoms with van der Waals surface area (Å²) in [5, 5.41) is 16.8. The molecule has 0 heterocycles. The summed E-state index contributed by atoms with van der Waals surface area (Å²) in [5.41, 5.74) is -1.61. The van der Waals surface area contributed by atoms with E-state index in [1.54, 1.807) is 0 Å². The van der Waals surface area contributed by atoms with Gasteiger partial charge in [-0.05, 0) is 6.08 Å². The van der Waals surface area contributed by atoms with Crippen molar-refractivity contribution in [2.24, 2.45) is 0 Å². The zero-order chi connectivity index (χ0) is 12.3. The van der Waals surface area contributed by atoms with Crippen LogP contribution in [0.1, 0.15) is 5.56 Å². The van der Waals surface area contributed by atoms with E-state index in [-0.39, 0.29) is 0 Å². The van der Waals surface area contributed by atoms with Gasteiger partial charge in [-0.15, -0.1) is 0 Å². The Hall–Kier alpha value is -2.29. The number of carbonyl (C=O) groups is 1. The molecule has 0 aliphatic heterocycles. The average molecular weight is 227 g/mol. The van der Waals surface area contributed by atoms with Gasteiger partial charge in [0.25, 0.3) is 0 Å². The molecule has 0 aliphatic carbocycles. The first-order valence-electron chi connectivity index (χ1n) is 3.95. The van der Waals surface area contributed by atoms with Crippen LogP contribution in [0, 0.1) is 28.8 Å². The van der Waals surface area contributed by atoms with Gasteiger partial charge in [0.15, 0.2) is 0 Å². The number of nitriles is 1. The van der Waals surface area contributed by atoms with E-state index in [2.05, 4.69) is 0 Å². The van der Waals surface area contributed by atoms with Gasteiger partial charge in [-0.2, -0.15) is 5.26 Å². The summed E-state index contributed by atoms with van der Waals surface area (Å²) in [6.07, 6.45) is 0.506. The molecule has 3 nitrogen and oxygen atoms in total. The van der Waals surface area contributed by atoms with Gasteiger partial charge in [0, 0.05) is 17.7 Å². The van der Waals surface area contributed by atoms with Gasteiger partial charge >= 0.3 is 5.97 Å². The fourth-order valence-electron chi connectivity index (χ4n) is 0.977. The Kier molecular flexibility index (Phi) is 3.30. The highest BCUT2D eigenvalue weighted by Crippen LogP contribution is 2.17. The van der Waals surface area contributed by atoms with Crippen molar-refractivity contribution in [3.8, 4) is 6.07 Å². The van der Waals surface area contributed by atoms with Crippen LogP contribution < -0.4 is 0 Å². The largest absolute Gasteiger partial charge is 0.477 e. The van der Waals surface area contributed by atoms with Crippen molar-refractivity contribution in [3.63, 3.8) is 0 Å². The molecule has 0 unspecified atom stereocenters. The number of nitrogens with zero attached hydrogens (tertiary/aromatic N) is 1. The van der Waals surface area contributed by atoms with Crippen LogP contribution in [0.15, 0.2) is 17.7 Å². The summed E-state index contributed by atoms with van der Waals surface area (Å²) in [7, 11) is 0. The van der Waals surface area contributed by atoms with Crippen LogP contribution in [0.3, 0.4) is 0 Å². The molecule has 0 atom stereocenters. The summed E-state index contributed by atoms with van der Waals surface area (Å²) in [4.78, 5) is 10.4. The van der Waals surface area contributed by atoms with E-state index >= 15 is 0 Å². The van der Waals surface area contributed by atoms with Crippen molar-refractivity contribution in [2.75, 3.05) is 0 Å². The fourth-order valence-corrected chi connectivity index (χ4v) is 0.977. The van der Waals surface area contributed by atoms with Gasteiger partial charge in [-0.1, -0.05) is 0 Å². The van der Waals surface area contributed by atoms with Gasteiger partial charge in [0.2, 0.25) is 0 Å². The molecule has 16 heavy (non-hydrogen) atoms. The second-order valence-electron chi connectivity index (χ2n) is 2.76. The lowest BCUT2D eigenvalue weighted by atomic mass is 10.1. The van der Waals surface area contributed by atoms with Crippen LogP contribution in [0.5, 0.6) is 0 Å². The maximum absolute atomic E-state index is 13.0. The summed E-state index contributed by atoms with van der Waals surface area (Å²) in [5.74, 6) is -5.29. The van der Waals surface area contributed by atoms with Gasteiger partial charge < -0.3 is 5.11 Å². The quantitative estimate of drug-likeness (QED) is 0.621. The fraction of sp³-hybridized carbons (Fsp3) is 0. The predicted molar refractivity (Wildman–Crippen MR) is 47.5 cm³/mol. The lowest BCUT2D eigenvalue weighted by Gasteiger charge is -1.99. The molecule has 1 rings (SSSR count). The van der Waals surface area contributed by atoms with E-state index in [1.807, 2.05) is 0 Å². The Morgan fingerprint density at radius 3 is 2.19 bits per heavy atom. The molecular formula is C10H4F3NO2. The van der Waals surface area contributed by atoms with Crippen LogP contribution in [-0.4, -0.2) is 11.1 Å². The van der Waals surface area contributed by atoms with Gasteiger partial charge in [0.05, 0.1) is 0 Å². The number of hydrogen-bond donors (Lipinski definition) is 1. The van der Waals surface area contributed by atoms with Crippen molar-refractivity contribution < 1.29 is 23.1 Å². The minimum Gasteiger partial charge on any atom is -0.477 e. The first-order chi connectivity index (χ1) is 7.45. The minimum absolute atomic E-state index is 0.395. The Labute approximate surface area is 88.0 Å². The first kappa shape index (κ1) is 11.8. The second kappa shape index (κ2) is 4.49. The van der Waals surface area contributed by atoms with Crippen molar-refractivity contribution >= 4 is 12.0 Å². The summed E-state index contributed by atoms with van der Waals surface area (Å²) in [6.45, 7) is 0. The molecule has 0 aromatic heterocycles. The SMILES string of the molecule is N#CC(=Cc1c(F)cc(F)cc1F)C(=O)O. The zero-order valence-electron chi connectivity index (χ0n) is 7.67. The third-order valence-electron chi connectivity index (χ3n) is 1.68. The first-order valence-corrected chi connectivity index (χ1v) is 3.95. The number of benzene rings is 1. The highest BCUT2D eigenvalue weighted by Gasteiger charge is 2.13. The third-order valence-corrected chi connectivity index (χ3v) is 1.68. The smallest absolute Gasteiger partial charge is 0.346 e. The molecule has 0 fully saturated rings. The molecule has 1 aromatic carbocycles. The lowest BCUT2D eigenvalue weighted by Crippen LogP contribution is -1.99. The van der Waals surface area contributed by atoms with Gasteiger partial charge in [-0.3, -0.25) is 0 Å². The zero-order valence-corrected chi connectivity index (χ0v) is 7.67. The molecule has 82 valence electrons. The van der Waals surface area contributed by atoms with E-state index in [1.165, 1.54) is 6.07 Å². The van der Waals surface area contributed by atoms with Crippen LogP contribution in [0.2, 0.25) is 0 Å². The third kappa shape index (κ3) is 2.39. The number of hydrogen-bond acceptors (Lipinski definition) is 2. The van der Waals surface area contributed by atoms with Crippen LogP contribution >= 0.6 is 0 Å². The molecule has 1 N–H and O–H groups in total. The summed E-state index contributed by atoms with van der Waals surface area (Å²) < 4.78 is 38.6. The monoisotopic (exact) mass is 227 g/mol. The van der Waals surface area contributed by atoms with E-state index in [0.717, 1.165) is 0 Å². The summed E-state index contributed by atoms with van der Waals surface area (Å²) >= 11 is 0. The molecule has 0 amide bonds. The van der Waals surface area contributed by atoms with Crippen LogP contribution in [0.4, 0.5) is 13.2 Å².